The molecule has 11 heteroatoms. The minimum atomic E-state index is -1.15. The van der Waals surface area contributed by atoms with Crippen LogP contribution >= 0.6 is 0 Å². The maximum atomic E-state index is 8.47. The van der Waals surface area contributed by atoms with E-state index in [1.807, 2.05) is 97.1 Å². The fraction of sp³-hybridized carbons (Fsp3) is 0.135. The van der Waals surface area contributed by atoms with E-state index >= 15 is 0 Å². The molecule has 1 unspecified atom stereocenters. The molecule has 0 amide bonds. The van der Waals surface area contributed by atoms with Gasteiger partial charge in [-0.25, -0.2) is 9.97 Å². The van der Waals surface area contributed by atoms with Crippen LogP contribution < -0.4 is 28.9 Å². The standard InChI is InChI=1S/C48H36N4O4.C4H9O2.Co/c1-53-33-13-5-29(6-14-33)45-37-21-23-39(49-37)46(30-7-15-34(54-2)16-8-30)41-25-27-43(51-41)48(32-11-19-36(56-4)20-12-32)44-28-26-42(52-44)47(40-24-22-38(45)50-40)31-9-17-35(55-3)18-10-31;1-4(2,6)3-5;/h5-28H,1-4H3;5-6H,1,3H2,2H3;/q-2;-1;+3. The molecule has 10 nitrogen and oxygen atoms in total. The summed E-state index contributed by atoms with van der Waals surface area (Å²) in [5, 5.41) is 16.6. The molecule has 4 aromatic carbocycles. The van der Waals surface area contributed by atoms with Gasteiger partial charge >= 0.3 is 16.8 Å². The van der Waals surface area contributed by atoms with Crippen LogP contribution in [0.25, 0.3) is 90.9 Å². The van der Waals surface area contributed by atoms with Crippen molar-refractivity contribution in [3.8, 4) is 67.5 Å². The molecule has 0 saturated heterocycles. The van der Waals surface area contributed by atoms with Gasteiger partial charge in [0, 0.05) is 6.61 Å². The first kappa shape index (κ1) is 44.2. The molecule has 2 aliphatic rings. The number of aliphatic hydroxyl groups excluding tert-OH is 1. The van der Waals surface area contributed by atoms with E-state index in [9.17, 15) is 0 Å². The molecule has 318 valence electrons. The fourth-order valence-electron chi connectivity index (χ4n) is 7.30. The number of rotatable bonds is 9. The SMILES string of the molecule is COc1ccc(-c2c3nc(c(-c4ccc(OC)cc4)c4ccc([n-]4)c(-c4ccc(OC)cc4)c4nc(c(-c5ccc(OC)cc5)c5ccc2[n-]5)C=C4)C=C3)cc1.[CH2-]C(C)(O)CO.[Co+3]. The van der Waals surface area contributed by atoms with Crippen LogP contribution in [0.4, 0.5) is 0 Å². The van der Waals surface area contributed by atoms with Gasteiger partial charge < -0.3 is 46.1 Å². The summed E-state index contributed by atoms with van der Waals surface area (Å²) in [4.78, 5) is 21.4. The van der Waals surface area contributed by atoms with Crippen LogP contribution in [-0.2, 0) is 16.8 Å². The van der Waals surface area contributed by atoms with Gasteiger partial charge in [-0.15, -0.1) is 22.1 Å². The second-order valence-corrected chi connectivity index (χ2v) is 14.9. The monoisotopic (exact) mass is 880 g/mol. The zero-order chi connectivity index (χ0) is 43.4. The van der Waals surface area contributed by atoms with E-state index in [0.29, 0.717) is 0 Å². The molecule has 5 heterocycles. The van der Waals surface area contributed by atoms with Crippen LogP contribution in [0.5, 0.6) is 23.0 Å². The van der Waals surface area contributed by atoms with Crippen LogP contribution in [0.2, 0.25) is 0 Å². The van der Waals surface area contributed by atoms with Gasteiger partial charge in [0.1, 0.15) is 23.0 Å². The van der Waals surface area contributed by atoms with Gasteiger partial charge in [-0.1, -0.05) is 79.7 Å². The van der Waals surface area contributed by atoms with Crippen molar-refractivity contribution in [2.75, 3.05) is 35.0 Å². The number of nitrogens with zero attached hydrogens (tertiary/aromatic N) is 4. The number of benzene rings is 4. The average Bonchev–Trinajstić information content (AvgIpc) is 4.16. The van der Waals surface area contributed by atoms with E-state index in [1.165, 1.54) is 6.92 Å². The summed E-state index contributed by atoms with van der Waals surface area (Å²) in [6, 6.07) is 40.3. The molecule has 2 aliphatic heterocycles. The van der Waals surface area contributed by atoms with Crippen molar-refractivity contribution in [2.24, 2.45) is 0 Å². The molecule has 0 saturated carbocycles. The number of ether oxygens (including phenoxy) is 4. The number of fused-ring (bicyclic) bond motifs is 8. The summed E-state index contributed by atoms with van der Waals surface area (Å²) >= 11 is 0. The van der Waals surface area contributed by atoms with Crippen molar-refractivity contribution >= 4 is 46.4 Å². The maximum absolute atomic E-state index is 8.47. The summed E-state index contributed by atoms with van der Waals surface area (Å²) in [5.41, 5.74) is 12.5. The number of aliphatic hydroxyl groups is 2. The minimum Gasteiger partial charge on any atom is -0.657 e. The van der Waals surface area contributed by atoms with E-state index < -0.39 is 5.60 Å². The van der Waals surface area contributed by atoms with Crippen molar-refractivity contribution in [2.45, 2.75) is 12.5 Å². The normalized spacial score (nSPS) is 12.4. The van der Waals surface area contributed by atoms with Gasteiger partial charge in [-0.3, -0.25) is 0 Å². The average molecular weight is 881 g/mol. The third kappa shape index (κ3) is 9.47. The van der Waals surface area contributed by atoms with E-state index in [1.54, 1.807) is 28.4 Å². The van der Waals surface area contributed by atoms with E-state index in [0.717, 1.165) is 112 Å². The maximum Gasteiger partial charge on any atom is 3.00 e. The topological polar surface area (TPSA) is 131 Å². The van der Waals surface area contributed by atoms with Crippen molar-refractivity contribution in [1.29, 1.82) is 0 Å². The molecule has 1 atom stereocenters. The number of aromatic nitrogens is 4. The van der Waals surface area contributed by atoms with E-state index in [2.05, 4.69) is 55.5 Å². The summed E-state index contributed by atoms with van der Waals surface area (Å²) in [7, 11) is 6.67. The van der Waals surface area contributed by atoms with Crippen LogP contribution in [0.15, 0.2) is 121 Å². The first-order valence-electron chi connectivity index (χ1n) is 19.9. The molecule has 0 radical (unpaired) electrons. The number of hydrogen-bond acceptors (Lipinski definition) is 8. The Labute approximate surface area is 376 Å². The van der Waals surface area contributed by atoms with Crippen molar-refractivity contribution < 1.29 is 45.9 Å². The summed E-state index contributed by atoms with van der Waals surface area (Å²) in [5.74, 6) is 3.06. The Morgan fingerprint density at radius 3 is 0.825 bits per heavy atom. The molecule has 7 aromatic rings. The quantitative estimate of drug-likeness (QED) is 0.135. The minimum absolute atomic E-state index is 0. The Morgan fingerprint density at radius 1 is 0.444 bits per heavy atom. The molecule has 8 bridgehead atoms. The molecule has 2 N–H and O–H groups in total. The smallest absolute Gasteiger partial charge is 0.657 e. The van der Waals surface area contributed by atoms with Crippen molar-refractivity contribution in [1.82, 2.24) is 19.9 Å². The van der Waals surface area contributed by atoms with Crippen LogP contribution in [0.3, 0.4) is 0 Å². The molecule has 63 heavy (non-hydrogen) atoms. The van der Waals surface area contributed by atoms with Crippen LogP contribution in [0, 0.1) is 6.92 Å². The number of hydrogen-bond donors (Lipinski definition) is 2. The second kappa shape index (κ2) is 19.0. The van der Waals surface area contributed by atoms with E-state index in [4.69, 9.17) is 49.1 Å². The first-order chi connectivity index (χ1) is 30.1. The summed E-state index contributed by atoms with van der Waals surface area (Å²) in [6.45, 7) is 4.35. The van der Waals surface area contributed by atoms with Gasteiger partial charge in [0.25, 0.3) is 0 Å². The zero-order valence-corrected chi connectivity index (χ0v) is 36.5. The van der Waals surface area contributed by atoms with Gasteiger partial charge in [0.15, 0.2) is 0 Å². The largest absolute Gasteiger partial charge is 3.00 e. The van der Waals surface area contributed by atoms with Crippen molar-refractivity contribution in [3.05, 3.63) is 151 Å². The van der Waals surface area contributed by atoms with E-state index in [-0.39, 0.29) is 23.4 Å². The molecule has 3 aromatic heterocycles. The molecule has 0 fully saturated rings. The van der Waals surface area contributed by atoms with Gasteiger partial charge in [0.2, 0.25) is 0 Å². The molecular formula is C52H45CoN4O6. The molecular weight excluding hydrogens is 836 g/mol. The van der Waals surface area contributed by atoms with Crippen LogP contribution in [-0.4, -0.2) is 60.8 Å². The predicted molar refractivity (Wildman–Crippen MR) is 248 cm³/mol. The van der Waals surface area contributed by atoms with Crippen LogP contribution in [0.1, 0.15) is 29.7 Å². The number of methoxy groups -OCH3 is 4. The summed E-state index contributed by atoms with van der Waals surface area (Å²) < 4.78 is 22.1. The van der Waals surface area contributed by atoms with Gasteiger partial charge in [-0.05, 0) is 123 Å². The molecule has 9 rings (SSSR count). The Kier molecular flexibility index (Phi) is 13.3. The Morgan fingerprint density at radius 2 is 0.651 bits per heavy atom. The van der Waals surface area contributed by atoms with Gasteiger partial charge in [0.05, 0.1) is 51.2 Å². The first-order valence-corrected chi connectivity index (χ1v) is 19.9. The molecule has 0 aliphatic carbocycles. The Hall–Kier alpha value is -6.89. The molecule has 0 spiro atoms. The zero-order valence-electron chi connectivity index (χ0n) is 35.4. The Balaban J connectivity index is 0.000000796. The summed E-state index contributed by atoms with van der Waals surface area (Å²) in [6.07, 6.45) is 8.23. The second-order valence-electron chi connectivity index (χ2n) is 14.9. The van der Waals surface area contributed by atoms with Crippen molar-refractivity contribution in [3.63, 3.8) is 0 Å². The van der Waals surface area contributed by atoms with Gasteiger partial charge in [-0.2, -0.15) is 0 Å². The third-order valence-corrected chi connectivity index (χ3v) is 10.5. The third-order valence-electron chi connectivity index (χ3n) is 10.5. The fourth-order valence-corrected chi connectivity index (χ4v) is 7.30. The Bertz CT molecular complexity index is 2570. The predicted octanol–water partition coefficient (Wildman–Crippen LogP) is 10.2.